The Morgan fingerprint density at radius 2 is 0.742 bits per heavy atom. The molecule has 0 fully saturated rings. The van der Waals surface area contributed by atoms with Crippen LogP contribution in [0.1, 0.15) is 53.4 Å². The van der Waals surface area contributed by atoms with Crippen LogP contribution in [0.15, 0.2) is 0 Å². The van der Waals surface area contributed by atoms with Gasteiger partial charge < -0.3 is 24.3 Å². The van der Waals surface area contributed by atoms with Gasteiger partial charge in [-0.25, -0.2) is 0 Å². The molecule has 0 aromatic heterocycles. The summed E-state index contributed by atoms with van der Waals surface area (Å²) in [5.74, 6) is 0. The Hall–Kier alpha value is 0.660. The zero-order valence-corrected chi connectivity index (χ0v) is 23.0. The Kier molecular flexibility index (Phi) is 27.5. The lowest BCUT2D eigenvalue weighted by Gasteiger charge is -2.20. The van der Waals surface area contributed by atoms with Crippen molar-refractivity contribution in [2.45, 2.75) is 53.4 Å². The molecule has 0 radical (unpaired) electrons. The van der Waals surface area contributed by atoms with Gasteiger partial charge in [0.1, 0.15) is 0 Å². The minimum absolute atomic E-state index is 0.0966. The van der Waals surface area contributed by atoms with Gasteiger partial charge >= 0.3 is 0 Å². The molecule has 0 saturated carbocycles. The van der Waals surface area contributed by atoms with Gasteiger partial charge in [0.05, 0.1) is 0 Å². The topological polar surface area (TPSA) is 49.0 Å². The first-order chi connectivity index (χ1) is 15.3. The molecule has 0 aliphatic rings. The van der Waals surface area contributed by atoms with Crippen molar-refractivity contribution in [2.24, 2.45) is 0 Å². The van der Waals surface area contributed by atoms with Gasteiger partial charge in [-0.2, -0.15) is 0 Å². The second-order valence-electron chi connectivity index (χ2n) is 7.64. The Bertz CT molecular complexity index is 287. The summed E-state index contributed by atoms with van der Waals surface area (Å²) < 4.78 is 22.2. The third-order valence-corrected chi connectivity index (χ3v) is 10.6. The highest BCUT2D eigenvalue weighted by atomic mass is 31.1. The number of rotatable bonds is 26. The van der Waals surface area contributed by atoms with Crippen LogP contribution >= 0.6 is 15.8 Å². The molecule has 0 saturated heterocycles. The maximum Gasteiger partial charge on any atom is 0.0469 e. The number of hydrogen-bond donors (Lipinski definition) is 1. The number of nitrogens with one attached hydrogen (secondary N) is 1. The predicted octanol–water partition coefficient (Wildman–Crippen LogP) is 5.25. The summed E-state index contributed by atoms with van der Waals surface area (Å²) in [7, 11) is 0.193. The lowest BCUT2D eigenvalue weighted by Crippen LogP contribution is -2.22. The molecule has 0 unspecified atom stereocenters. The van der Waals surface area contributed by atoms with Crippen LogP contribution in [0, 0.1) is 0 Å². The second kappa shape index (κ2) is 26.9. The monoisotopic (exact) mass is 481 g/mol. The molecule has 188 valence electrons. The molecule has 0 amide bonds. The van der Waals surface area contributed by atoms with Gasteiger partial charge in [-0.05, 0) is 103 Å². The molecule has 0 rings (SSSR count). The molecule has 0 aliphatic carbocycles. The lowest BCUT2D eigenvalue weighted by atomic mass is 10.5. The number of ether oxygens (including phenoxy) is 4. The first-order valence-corrected chi connectivity index (χ1v) is 16.5. The minimum atomic E-state index is 0.0966. The van der Waals surface area contributed by atoms with Crippen molar-refractivity contribution in [1.82, 2.24) is 5.32 Å². The highest BCUT2D eigenvalue weighted by Crippen LogP contribution is 2.37. The van der Waals surface area contributed by atoms with E-state index in [1.165, 1.54) is 62.7 Å². The first-order valence-electron chi connectivity index (χ1n) is 12.7. The molecular weight excluding hydrogens is 428 g/mol. The lowest BCUT2D eigenvalue weighted by molar-refractivity contribution is 0.148. The van der Waals surface area contributed by atoms with Crippen LogP contribution in [0.3, 0.4) is 0 Å². The van der Waals surface area contributed by atoms with Gasteiger partial charge in [0.25, 0.3) is 0 Å². The molecule has 0 spiro atoms. The van der Waals surface area contributed by atoms with Crippen molar-refractivity contribution >= 4 is 15.8 Å². The van der Waals surface area contributed by atoms with E-state index in [2.05, 4.69) is 33.0 Å². The van der Waals surface area contributed by atoms with Crippen molar-refractivity contribution in [3.63, 3.8) is 0 Å². The molecule has 7 heteroatoms. The van der Waals surface area contributed by atoms with Crippen molar-refractivity contribution in [3.8, 4) is 0 Å². The average Bonchev–Trinajstić information content (AvgIpc) is 2.78. The smallest absolute Gasteiger partial charge is 0.0469 e. The fourth-order valence-electron chi connectivity index (χ4n) is 3.41. The summed E-state index contributed by atoms with van der Waals surface area (Å²) in [5, 5.41) is 3.76. The Morgan fingerprint density at radius 3 is 1.00 bits per heavy atom. The Labute approximate surface area is 196 Å². The van der Waals surface area contributed by atoms with Gasteiger partial charge in [0, 0.05) is 52.9 Å². The third-order valence-electron chi connectivity index (χ3n) is 5.08. The van der Waals surface area contributed by atoms with E-state index in [4.69, 9.17) is 18.9 Å². The summed E-state index contributed by atoms with van der Waals surface area (Å²) in [6, 6.07) is 0. The van der Waals surface area contributed by atoms with Gasteiger partial charge in [-0.3, -0.25) is 0 Å². The average molecular weight is 482 g/mol. The highest BCUT2D eigenvalue weighted by Gasteiger charge is 2.10. The molecule has 31 heavy (non-hydrogen) atoms. The molecule has 0 aliphatic heterocycles. The van der Waals surface area contributed by atoms with E-state index in [-0.39, 0.29) is 15.8 Å². The van der Waals surface area contributed by atoms with Crippen LogP contribution in [0.2, 0.25) is 0 Å². The summed E-state index contributed by atoms with van der Waals surface area (Å²) in [5.41, 5.74) is 0. The van der Waals surface area contributed by atoms with E-state index in [9.17, 15) is 0 Å². The van der Waals surface area contributed by atoms with Crippen molar-refractivity contribution in [1.29, 1.82) is 0 Å². The SMILES string of the molecule is CCOCCCP(CCCOCC)CCNCCP(CCCOCC)CCCOCC. The molecule has 0 heterocycles. The standard InChI is InChI=1S/C24H53NO4P2/c1-5-26-15-9-19-30(20-10-16-27-6-2)23-13-25-14-24-31(21-11-17-28-7-3)22-12-18-29-8-4/h25H,5-24H2,1-4H3. The van der Waals surface area contributed by atoms with E-state index in [1.807, 2.05) is 0 Å². The van der Waals surface area contributed by atoms with E-state index >= 15 is 0 Å². The summed E-state index contributed by atoms with van der Waals surface area (Å²) in [4.78, 5) is 0. The van der Waals surface area contributed by atoms with Crippen LogP contribution in [-0.4, -0.2) is 103 Å². The summed E-state index contributed by atoms with van der Waals surface area (Å²) in [6.07, 6.45) is 12.8. The maximum absolute atomic E-state index is 5.55. The quantitative estimate of drug-likeness (QED) is 0.135. The fourth-order valence-corrected chi connectivity index (χ4v) is 8.00. The van der Waals surface area contributed by atoms with Gasteiger partial charge in [-0.1, -0.05) is 0 Å². The van der Waals surface area contributed by atoms with Crippen molar-refractivity contribution in [2.75, 3.05) is 103 Å². The maximum atomic E-state index is 5.55. The molecule has 0 atom stereocenters. The van der Waals surface area contributed by atoms with E-state index in [0.717, 1.165) is 65.9 Å². The summed E-state index contributed by atoms with van der Waals surface area (Å²) in [6.45, 7) is 17.7. The fraction of sp³-hybridized carbons (Fsp3) is 1.00. The predicted molar refractivity (Wildman–Crippen MR) is 140 cm³/mol. The van der Waals surface area contributed by atoms with Crippen LogP contribution in [0.5, 0.6) is 0 Å². The molecule has 0 bridgehead atoms. The molecule has 1 N–H and O–H groups in total. The Balaban J connectivity index is 4.10. The third kappa shape index (κ3) is 23.6. The van der Waals surface area contributed by atoms with Crippen molar-refractivity contribution < 1.29 is 18.9 Å². The van der Waals surface area contributed by atoms with E-state index in [1.54, 1.807) is 0 Å². The Morgan fingerprint density at radius 1 is 0.452 bits per heavy atom. The van der Waals surface area contributed by atoms with E-state index in [0.29, 0.717) is 0 Å². The van der Waals surface area contributed by atoms with Crippen LogP contribution < -0.4 is 5.32 Å². The minimum Gasteiger partial charge on any atom is -0.382 e. The van der Waals surface area contributed by atoms with E-state index < -0.39 is 0 Å². The molecule has 0 aromatic carbocycles. The first kappa shape index (κ1) is 31.7. The van der Waals surface area contributed by atoms with Crippen molar-refractivity contribution in [3.05, 3.63) is 0 Å². The zero-order chi connectivity index (χ0) is 22.8. The van der Waals surface area contributed by atoms with Gasteiger partial charge in [-0.15, -0.1) is 15.8 Å². The second-order valence-corrected chi connectivity index (χ2v) is 13.0. The van der Waals surface area contributed by atoms with Crippen LogP contribution in [-0.2, 0) is 18.9 Å². The number of hydrogen-bond acceptors (Lipinski definition) is 5. The molecule has 5 nitrogen and oxygen atoms in total. The van der Waals surface area contributed by atoms with Gasteiger partial charge in [0.2, 0.25) is 0 Å². The van der Waals surface area contributed by atoms with Crippen LogP contribution in [0.25, 0.3) is 0 Å². The zero-order valence-electron chi connectivity index (χ0n) is 21.2. The summed E-state index contributed by atoms with van der Waals surface area (Å²) >= 11 is 0. The largest absolute Gasteiger partial charge is 0.382 e. The normalized spacial score (nSPS) is 11.8. The molecule has 0 aromatic rings. The highest BCUT2D eigenvalue weighted by molar-refractivity contribution is 7.57. The molecular formula is C24H53NO4P2. The van der Waals surface area contributed by atoms with Crippen LogP contribution in [0.4, 0.5) is 0 Å². The van der Waals surface area contributed by atoms with Gasteiger partial charge in [0.15, 0.2) is 0 Å².